The molecule has 2 aromatic carbocycles. The lowest BCUT2D eigenvalue weighted by Crippen LogP contribution is -2.34. The first-order valence-electron chi connectivity index (χ1n) is 9.53. The van der Waals surface area contributed by atoms with E-state index in [-0.39, 0.29) is 16.4 Å². The third-order valence-electron chi connectivity index (χ3n) is 6.02. The van der Waals surface area contributed by atoms with Crippen LogP contribution in [0.2, 0.25) is 0 Å². The fourth-order valence-corrected chi connectivity index (χ4v) is 4.15. The summed E-state index contributed by atoms with van der Waals surface area (Å²) in [5, 5.41) is 11.8. The van der Waals surface area contributed by atoms with E-state index < -0.39 is 11.7 Å². The summed E-state index contributed by atoms with van der Waals surface area (Å²) < 4.78 is 47.7. The van der Waals surface area contributed by atoms with Crippen LogP contribution in [0.3, 0.4) is 0 Å². The zero-order chi connectivity index (χ0) is 21.6. The van der Waals surface area contributed by atoms with Crippen LogP contribution in [0, 0.1) is 0 Å². The molecule has 0 atom stereocenters. The van der Waals surface area contributed by atoms with Gasteiger partial charge in [-0.15, -0.1) is 0 Å². The van der Waals surface area contributed by atoms with Crippen molar-refractivity contribution in [2.45, 2.75) is 57.5 Å². The highest BCUT2D eigenvalue weighted by atomic mass is 19.4. The molecule has 0 aliphatic heterocycles. The van der Waals surface area contributed by atoms with E-state index in [0.717, 1.165) is 24.0 Å². The summed E-state index contributed by atoms with van der Waals surface area (Å²) >= 11 is 0. The summed E-state index contributed by atoms with van der Waals surface area (Å²) in [6.45, 7) is 8.15. The van der Waals surface area contributed by atoms with Gasteiger partial charge in [-0.3, -0.25) is 0 Å². The zero-order valence-electron chi connectivity index (χ0n) is 17.3. The molecule has 1 aliphatic carbocycles. The van der Waals surface area contributed by atoms with Gasteiger partial charge in [0.25, 0.3) is 0 Å². The summed E-state index contributed by atoms with van der Waals surface area (Å²) in [6.07, 6.45) is -1.61. The summed E-state index contributed by atoms with van der Waals surface area (Å²) in [5.74, 6) is 0.332. The number of oxime groups is 1. The predicted octanol–water partition coefficient (Wildman–Crippen LogP) is 6.54. The van der Waals surface area contributed by atoms with Crippen LogP contribution in [-0.4, -0.2) is 18.5 Å². The van der Waals surface area contributed by atoms with Crippen LogP contribution in [0.1, 0.15) is 62.8 Å². The van der Waals surface area contributed by atoms with E-state index in [0.29, 0.717) is 16.9 Å². The predicted molar refractivity (Wildman–Crippen MR) is 108 cm³/mol. The van der Waals surface area contributed by atoms with Crippen LogP contribution in [-0.2, 0) is 17.0 Å². The Labute approximate surface area is 169 Å². The van der Waals surface area contributed by atoms with Gasteiger partial charge in [0.1, 0.15) is 5.75 Å². The second kappa shape index (κ2) is 7.08. The van der Waals surface area contributed by atoms with Gasteiger partial charge in [-0.25, -0.2) is 0 Å². The van der Waals surface area contributed by atoms with E-state index in [4.69, 9.17) is 9.94 Å². The minimum atomic E-state index is -4.52. The lowest BCUT2D eigenvalue weighted by atomic mass is 9.62. The van der Waals surface area contributed by atoms with Crippen molar-refractivity contribution in [3.05, 3.63) is 52.6 Å². The average molecular weight is 405 g/mol. The molecular weight excluding hydrogens is 379 g/mol. The maximum absolute atomic E-state index is 14.1. The number of methoxy groups -OCH3 is 1. The van der Waals surface area contributed by atoms with Crippen molar-refractivity contribution >= 4 is 6.21 Å². The number of alkyl halides is 3. The van der Waals surface area contributed by atoms with Crippen LogP contribution in [0.5, 0.6) is 5.75 Å². The molecule has 0 saturated heterocycles. The van der Waals surface area contributed by atoms with Gasteiger partial charge >= 0.3 is 6.18 Å². The summed E-state index contributed by atoms with van der Waals surface area (Å²) in [4.78, 5) is 0. The van der Waals surface area contributed by atoms with Gasteiger partial charge in [-0.2, -0.15) is 13.2 Å². The van der Waals surface area contributed by atoms with Crippen LogP contribution in [0.4, 0.5) is 13.2 Å². The molecule has 1 N–H and O–H groups in total. The van der Waals surface area contributed by atoms with E-state index in [2.05, 4.69) is 19.0 Å². The van der Waals surface area contributed by atoms with Crippen molar-refractivity contribution in [1.29, 1.82) is 0 Å². The highest BCUT2D eigenvalue weighted by Gasteiger charge is 2.42. The minimum absolute atomic E-state index is 0.0760. The number of fused-ring (bicyclic) bond motifs is 1. The molecule has 0 spiro atoms. The Hall–Kier alpha value is -2.50. The summed E-state index contributed by atoms with van der Waals surface area (Å²) in [7, 11) is 1.43. The normalized spacial score (nSPS) is 17.9. The number of benzene rings is 2. The summed E-state index contributed by atoms with van der Waals surface area (Å²) in [6, 6.07) is 7.76. The third kappa shape index (κ3) is 3.85. The van der Waals surface area contributed by atoms with E-state index >= 15 is 0 Å². The second-order valence-electron chi connectivity index (χ2n) is 8.91. The largest absolute Gasteiger partial charge is 0.496 e. The van der Waals surface area contributed by atoms with Crippen molar-refractivity contribution in [2.75, 3.05) is 7.11 Å². The topological polar surface area (TPSA) is 41.8 Å². The lowest BCUT2D eigenvalue weighted by molar-refractivity contribution is -0.137. The molecule has 0 aromatic heterocycles. The molecule has 3 rings (SSSR count). The molecule has 6 heteroatoms. The van der Waals surface area contributed by atoms with Gasteiger partial charge < -0.3 is 9.94 Å². The van der Waals surface area contributed by atoms with E-state index in [1.54, 1.807) is 24.3 Å². The van der Waals surface area contributed by atoms with Crippen LogP contribution < -0.4 is 4.74 Å². The van der Waals surface area contributed by atoms with E-state index in [9.17, 15) is 13.2 Å². The van der Waals surface area contributed by atoms with Crippen molar-refractivity contribution in [1.82, 2.24) is 0 Å². The van der Waals surface area contributed by atoms with Crippen molar-refractivity contribution in [3.8, 4) is 16.9 Å². The quantitative estimate of drug-likeness (QED) is 0.358. The molecule has 1 aliphatic rings. The SMILES string of the molecule is COc1ccc(/C=N/O)cc1-c1cc2c(cc1C(F)(F)F)C(C)(C)CCC2(C)C. The molecule has 0 bridgehead atoms. The Morgan fingerprint density at radius 3 is 2.07 bits per heavy atom. The van der Waals surface area contributed by atoms with Gasteiger partial charge in [0, 0.05) is 5.56 Å². The minimum Gasteiger partial charge on any atom is -0.496 e. The fraction of sp³-hybridized carbons (Fsp3) is 0.435. The van der Waals surface area contributed by atoms with Gasteiger partial charge in [-0.1, -0.05) is 32.9 Å². The summed E-state index contributed by atoms with van der Waals surface area (Å²) in [5.41, 5.74) is 1.30. The van der Waals surface area contributed by atoms with Crippen LogP contribution >= 0.6 is 0 Å². The second-order valence-corrected chi connectivity index (χ2v) is 8.91. The van der Waals surface area contributed by atoms with Gasteiger partial charge in [0.05, 0.1) is 18.9 Å². The van der Waals surface area contributed by atoms with Crippen molar-refractivity contribution in [2.24, 2.45) is 5.16 Å². The molecular formula is C23H26F3NO2. The number of hydrogen-bond donors (Lipinski definition) is 1. The molecule has 0 unspecified atom stereocenters. The number of halogens is 3. The maximum atomic E-state index is 14.1. The van der Waals surface area contributed by atoms with E-state index in [1.807, 2.05) is 13.8 Å². The number of nitrogens with zero attached hydrogens (tertiary/aromatic N) is 1. The Balaban J connectivity index is 2.40. The number of hydrogen-bond acceptors (Lipinski definition) is 3. The molecule has 0 saturated carbocycles. The number of ether oxygens (including phenoxy) is 1. The van der Waals surface area contributed by atoms with Gasteiger partial charge in [0.2, 0.25) is 0 Å². The Morgan fingerprint density at radius 2 is 1.55 bits per heavy atom. The molecule has 29 heavy (non-hydrogen) atoms. The molecule has 0 amide bonds. The van der Waals surface area contributed by atoms with E-state index in [1.165, 1.54) is 19.4 Å². The maximum Gasteiger partial charge on any atom is 0.417 e. The lowest BCUT2D eigenvalue weighted by Gasteiger charge is -2.42. The monoisotopic (exact) mass is 405 g/mol. The number of rotatable bonds is 3. The molecule has 156 valence electrons. The standard InChI is InChI=1S/C23H26F3NO2/c1-21(2)8-9-22(3,4)19-12-17(23(24,25)26)15(11-18(19)21)16-10-14(13-27-28)6-7-20(16)29-5/h6-7,10-13,28H,8-9H2,1-5H3/b27-13+. The van der Waals surface area contributed by atoms with Gasteiger partial charge in [0.15, 0.2) is 0 Å². The molecule has 0 heterocycles. The Bertz CT molecular complexity index is 959. The van der Waals surface area contributed by atoms with Gasteiger partial charge in [-0.05, 0) is 76.3 Å². The first kappa shape index (κ1) is 21.2. The van der Waals surface area contributed by atoms with Crippen molar-refractivity contribution in [3.63, 3.8) is 0 Å². The van der Waals surface area contributed by atoms with Crippen molar-refractivity contribution < 1.29 is 23.1 Å². The first-order valence-corrected chi connectivity index (χ1v) is 9.53. The highest BCUT2D eigenvalue weighted by molar-refractivity contribution is 5.85. The Morgan fingerprint density at radius 1 is 0.966 bits per heavy atom. The molecule has 0 fully saturated rings. The molecule has 0 radical (unpaired) electrons. The highest BCUT2D eigenvalue weighted by Crippen LogP contribution is 2.50. The Kier molecular flexibility index (Phi) is 5.18. The third-order valence-corrected chi connectivity index (χ3v) is 6.02. The zero-order valence-corrected chi connectivity index (χ0v) is 17.3. The smallest absolute Gasteiger partial charge is 0.417 e. The first-order chi connectivity index (χ1) is 13.4. The molecule has 3 nitrogen and oxygen atoms in total. The average Bonchev–Trinajstić information content (AvgIpc) is 2.64. The van der Waals surface area contributed by atoms with Crippen LogP contribution in [0.15, 0.2) is 35.5 Å². The van der Waals surface area contributed by atoms with Crippen LogP contribution in [0.25, 0.3) is 11.1 Å². The molecule has 2 aromatic rings. The fourth-order valence-electron chi connectivity index (χ4n) is 4.15.